The third-order valence-corrected chi connectivity index (χ3v) is 4.93. The van der Waals surface area contributed by atoms with Crippen LogP contribution in [0.5, 0.6) is 0 Å². The molecular formula is C25H27Cl3CrN3. The van der Waals surface area contributed by atoms with Crippen molar-refractivity contribution in [3.8, 4) is 0 Å². The predicted molar refractivity (Wildman–Crippen MR) is 120 cm³/mol. The first kappa shape index (κ1) is 32.5. The number of aliphatic imine (C=N–C) groups is 2. The van der Waals surface area contributed by atoms with Crippen molar-refractivity contribution in [3.05, 3.63) is 88.2 Å². The summed E-state index contributed by atoms with van der Waals surface area (Å²) in [7, 11) is 0. The van der Waals surface area contributed by atoms with Gasteiger partial charge < -0.3 is 37.2 Å². The molecular weight excluding hydrogens is 501 g/mol. The number of nitrogens with zero attached hydrogens (tertiary/aromatic N) is 3. The van der Waals surface area contributed by atoms with Gasteiger partial charge in [-0.05, 0) is 75.9 Å². The van der Waals surface area contributed by atoms with E-state index < -0.39 is 0 Å². The number of halogens is 3. The van der Waals surface area contributed by atoms with E-state index in [1.807, 2.05) is 32.0 Å². The van der Waals surface area contributed by atoms with Gasteiger partial charge in [0.25, 0.3) is 0 Å². The maximum Gasteiger partial charge on any atom is 3.00 e. The van der Waals surface area contributed by atoms with Crippen LogP contribution in [-0.2, 0) is 17.4 Å². The van der Waals surface area contributed by atoms with Crippen molar-refractivity contribution in [1.29, 1.82) is 0 Å². The molecule has 1 radical (unpaired) electrons. The second-order valence-electron chi connectivity index (χ2n) is 7.28. The van der Waals surface area contributed by atoms with Crippen molar-refractivity contribution in [2.24, 2.45) is 9.98 Å². The molecule has 1 aromatic heterocycles. The van der Waals surface area contributed by atoms with Crippen LogP contribution in [0.1, 0.15) is 47.5 Å². The smallest absolute Gasteiger partial charge is 1.00 e. The standard InChI is InChI=1S/C25H27N3.3ClH.Cr/c1-16-10-7-11-17(2)24(16)26-20(5)22-14-9-15-23(28-22)21(6)27-25-18(3)12-8-13-19(25)4;;;;/h7-15H,1-6H3;3*1H;/q;;;;+3/p-3. The first-order chi connectivity index (χ1) is 13.4. The number of hydrogen-bond donors (Lipinski definition) is 0. The first-order valence-electron chi connectivity index (χ1n) is 9.57. The van der Waals surface area contributed by atoms with E-state index in [9.17, 15) is 0 Å². The quantitative estimate of drug-likeness (QED) is 0.349. The second kappa shape index (κ2) is 14.5. The average molecular weight is 528 g/mol. The summed E-state index contributed by atoms with van der Waals surface area (Å²) in [6.07, 6.45) is 0. The number of pyridine rings is 1. The first-order valence-corrected chi connectivity index (χ1v) is 9.57. The molecule has 0 saturated carbocycles. The largest absolute Gasteiger partial charge is 3.00 e. The molecule has 0 aliphatic carbocycles. The van der Waals surface area contributed by atoms with Crippen molar-refractivity contribution in [2.75, 3.05) is 0 Å². The normalized spacial score (nSPS) is 10.8. The molecule has 0 saturated heterocycles. The Labute approximate surface area is 221 Å². The molecule has 0 N–H and O–H groups in total. The van der Waals surface area contributed by atoms with E-state index in [2.05, 4.69) is 64.1 Å². The number of hydrogen-bond acceptors (Lipinski definition) is 3. The zero-order valence-electron chi connectivity index (χ0n) is 19.1. The Morgan fingerprint density at radius 2 is 0.844 bits per heavy atom. The summed E-state index contributed by atoms with van der Waals surface area (Å²) in [5.41, 5.74) is 10.3. The van der Waals surface area contributed by atoms with Gasteiger partial charge in [0.05, 0.1) is 34.2 Å². The van der Waals surface area contributed by atoms with E-state index in [4.69, 9.17) is 15.0 Å². The minimum Gasteiger partial charge on any atom is -1.00 e. The molecule has 0 aliphatic rings. The van der Waals surface area contributed by atoms with E-state index in [0.717, 1.165) is 34.2 Å². The molecule has 2 aromatic carbocycles. The predicted octanol–water partition coefficient (Wildman–Crippen LogP) is -2.39. The topological polar surface area (TPSA) is 37.6 Å². The Kier molecular flexibility index (Phi) is 14.7. The number of rotatable bonds is 4. The fraction of sp³-hybridized carbons (Fsp3) is 0.240. The molecule has 0 unspecified atom stereocenters. The molecule has 3 nitrogen and oxygen atoms in total. The summed E-state index contributed by atoms with van der Waals surface area (Å²) in [4.78, 5) is 14.5. The SMILES string of the molecule is CC(=Nc1c(C)cccc1C)c1cccc(C(C)=Nc2c(C)cccc2C)n1.[Cl-].[Cl-].[Cl-].[Cr+3]. The molecule has 0 amide bonds. The van der Waals surface area contributed by atoms with Gasteiger partial charge in [0, 0.05) is 0 Å². The number of aryl methyl sites for hydroxylation is 4. The van der Waals surface area contributed by atoms with E-state index in [1.54, 1.807) is 0 Å². The van der Waals surface area contributed by atoms with E-state index in [0.29, 0.717) is 0 Å². The molecule has 32 heavy (non-hydrogen) atoms. The molecule has 0 fully saturated rings. The van der Waals surface area contributed by atoms with Crippen LogP contribution < -0.4 is 37.2 Å². The van der Waals surface area contributed by atoms with Gasteiger partial charge >= 0.3 is 17.4 Å². The third kappa shape index (κ3) is 7.73. The van der Waals surface area contributed by atoms with Gasteiger partial charge in [0.2, 0.25) is 0 Å². The zero-order chi connectivity index (χ0) is 20.3. The summed E-state index contributed by atoms with van der Waals surface area (Å²) in [5.74, 6) is 0. The van der Waals surface area contributed by atoms with Crippen molar-refractivity contribution < 1.29 is 54.6 Å². The Hall–Kier alpha value is -1.67. The number of benzene rings is 2. The Morgan fingerprint density at radius 3 is 1.16 bits per heavy atom. The van der Waals surface area contributed by atoms with Gasteiger partial charge in [-0.25, -0.2) is 4.98 Å². The number of aromatic nitrogens is 1. The molecule has 169 valence electrons. The van der Waals surface area contributed by atoms with E-state index >= 15 is 0 Å². The van der Waals surface area contributed by atoms with E-state index in [-0.39, 0.29) is 54.6 Å². The van der Waals surface area contributed by atoms with Gasteiger partial charge in [0.15, 0.2) is 0 Å². The maximum atomic E-state index is 4.86. The van der Waals surface area contributed by atoms with Gasteiger partial charge in [0.1, 0.15) is 0 Å². The summed E-state index contributed by atoms with van der Waals surface area (Å²) in [6, 6.07) is 18.5. The van der Waals surface area contributed by atoms with Crippen LogP contribution in [0.3, 0.4) is 0 Å². The summed E-state index contributed by atoms with van der Waals surface area (Å²) in [6.45, 7) is 12.4. The molecule has 0 spiro atoms. The Balaban J connectivity index is 0. The summed E-state index contributed by atoms with van der Waals surface area (Å²) < 4.78 is 0. The van der Waals surface area contributed by atoms with Crippen LogP contribution >= 0.6 is 0 Å². The summed E-state index contributed by atoms with van der Waals surface area (Å²) in [5, 5.41) is 0. The van der Waals surface area contributed by atoms with Crippen LogP contribution in [0, 0.1) is 27.7 Å². The molecule has 7 heteroatoms. The average Bonchev–Trinajstić information content (AvgIpc) is 2.67. The fourth-order valence-corrected chi connectivity index (χ4v) is 3.25. The fourth-order valence-electron chi connectivity index (χ4n) is 3.25. The van der Waals surface area contributed by atoms with Gasteiger partial charge in [-0.3, -0.25) is 9.98 Å². The molecule has 3 aromatic rings. The minimum absolute atomic E-state index is 0. The van der Waals surface area contributed by atoms with Crippen LogP contribution in [0.25, 0.3) is 0 Å². The van der Waals surface area contributed by atoms with Crippen molar-refractivity contribution >= 4 is 22.8 Å². The maximum absolute atomic E-state index is 4.86. The van der Waals surface area contributed by atoms with Gasteiger partial charge in [-0.2, -0.15) is 0 Å². The van der Waals surface area contributed by atoms with Crippen molar-refractivity contribution in [2.45, 2.75) is 41.5 Å². The van der Waals surface area contributed by atoms with Gasteiger partial charge in [-0.15, -0.1) is 0 Å². The Bertz CT molecular complexity index is 972. The molecule has 0 bridgehead atoms. The van der Waals surface area contributed by atoms with Crippen LogP contribution in [0.4, 0.5) is 11.4 Å². The van der Waals surface area contributed by atoms with Crippen molar-refractivity contribution in [1.82, 2.24) is 4.98 Å². The summed E-state index contributed by atoms with van der Waals surface area (Å²) >= 11 is 0. The van der Waals surface area contributed by atoms with E-state index in [1.165, 1.54) is 22.3 Å². The zero-order valence-corrected chi connectivity index (χ0v) is 22.6. The van der Waals surface area contributed by atoms with Crippen molar-refractivity contribution in [3.63, 3.8) is 0 Å². The molecule has 0 atom stereocenters. The minimum atomic E-state index is 0. The van der Waals surface area contributed by atoms with Crippen LogP contribution in [-0.4, -0.2) is 16.4 Å². The second-order valence-corrected chi connectivity index (χ2v) is 7.28. The molecule has 3 rings (SSSR count). The van der Waals surface area contributed by atoms with Crippen LogP contribution in [0.15, 0.2) is 64.6 Å². The molecule has 0 aliphatic heterocycles. The van der Waals surface area contributed by atoms with Gasteiger partial charge in [-0.1, -0.05) is 42.5 Å². The molecule has 1 heterocycles. The Morgan fingerprint density at radius 1 is 0.562 bits per heavy atom. The van der Waals surface area contributed by atoms with Crippen LogP contribution in [0.2, 0.25) is 0 Å². The number of para-hydroxylation sites is 2. The monoisotopic (exact) mass is 526 g/mol. The third-order valence-electron chi connectivity index (χ3n) is 4.93.